The maximum Gasteiger partial charge on any atom is 0.247 e. The molecule has 2 aromatic rings. The third-order valence-corrected chi connectivity index (χ3v) is 5.83. The van der Waals surface area contributed by atoms with Gasteiger partial charge in [-0.3, -0.25) is 14.4 Å². The number of hydrogen-bond donors (Lipinski definition) is 1. The summed E-state index contributed by atoms with van der Waals surface area (Å²) in [6.45, 7) is 0. The Morgan fingerprint density at radius 3 is 2.50 bits per heavy atom. The molecule has 5 nitrogen and oxygen atoms in total. The molecule has 0 spiro atoms. The van der Waals surface area contributed by atoms with Crippen molar-refractivity contribution in [3.63, 3.8) is 0 Å². The van der Waals surface area contributed by atoms with Gasteiger partial charge in [0.25, 0.3) is 0 Å². The molecule has 1 aliphatic rings. The molecule has 3 rings (SSSR count). The summed E-state index contributed by atoms with van der Waals surface area (Å²) in [6, 6.07) is 16.5. The Hall–Kier alpha value is -1.87. The smallest absolute Gasteiger partial charge is 0.247 e. The second-order valence-corrected chi connectivity index (χ2v) is 8.33. The largest absolute Gasteiger partial charge is 0.326 e. The molecule has 0 radical (unpaired) electrons. The Kier molecular flexibility index (Phi) is 6.31. The lowest BCUT2D eigenvalue weighted by atomic mass is 10.3. The van der Waals surface area contributed by atoms with Crippen molar-refractivity contribution >= 4 is 63.4 Å². The van der Waals surface area contributed by atoms with Crippen LogP contribution in [0.25, 0.3) is 0 Å². The van der Waals surface area contributed by atoms with Gasteiger partial charge in [-0.2, -0.15) is 0 Å². The first-order valence-electron chi connectivity index (χ1n) is 8.13. The molecule has 1 atom stereocenters. The Labute approximate surface area is 169 Å². The summed E-state index contributed by atoms with van der Waals surface area (Å²) < 4.78 is 1.10. The Balaban J connectivity index is 1.49. The van der Waals surface area contributed by atoms with Gasteiger partial charge in [0.15, 0.2) is 0 Å². The number of carbonyl (C=O) groups is 3. The number of carbonyl (C=O) groups excluding carboxylic acids is 3. The van der Waals surface area contributed by atoms with Crippen molar-refractivity contribution in [2.75, 3.05) is 16.0 Å². The molecule has 1 unspecified atom stereocenters. The van der Waals surface area contributed by atoms with Gasteiger partial charge in [0.1, 0.15) is 0 Å². The normalized spacial score (nSPS) is 16.8. The average molecular weight is 480 g/mol. The number of hydrogen-bond acceptors (Lipinski definition) is 4. The highest BCUT2D eigenvalue weighted by atomic mass is 127. The average Bonchev–Trinajstić information content (AvgIpc) is 2.91. The maximum absolute atomic E-state index is 12.5. The zero-order valence-corrected chi connectivity index (χ0v) is 16.8. The van der Waals surface area contributed by atoms with Gasteiger partial charge < -0.3 is 5.32 Å². The number of anilines is 2. The Morgan fingerprint density at radius 1 is 1.12 bits per heavy atom. The molecule has 1 saturated heterocycles. The van der Waals surface area contributed by atoms with Gasteiger partial charge in [0.2, 0.25) is 17.7 Å². The van der Waals surface area contributed by atoms with Crippen LogP contribution in [0.2, 0.25) is 0 Å². The number of thioether (sulfide) groups is 1. The van der Waals surface area contributed by atoms with E-state index in [1.807, 2.05) is 30.3 Å². The van der Waals surface area contributed by atoms with E-state index in [1.54, 1.807) is 24.3 Å². The van der Waals surface area contributed by atoms with Crippen LogP contribution in [0, 0.1) is 3.57 Å². The predicted molar refractivity (Wildman–Crippen MR) is 112 cm³/mol. The summed E-state index contributed by atoms with van der Waals surface area (Å²) in [4.78, 5) is 37.9. The van der Waals surface area contributed by atoms with E-state index in [2.05, 4.69) is 27.9 Å². The summed E-state index contributed by atoms with van der Waals surface area (Å²) in [5.41, 5.74) is 1.35. The van der Waals surface area contributed by atoms with Crippen molar-refractivity contribution in [1.82, 2.24) is 0 Å². The molecule has 26 heavy (non-hydrogen) atoms. The van der Waals surface area contributed by atoms with Crippen LogP contribution in [0.5, 0.6) is 0 Å². The molecule has 1 fully saturated rings. The first-order chi connectivity index (χ1) is 12.5. The SMILES string of the molecule is O=C(CCSC1CC(=O)N(c2ccccc2)C1=O)Nc1ccc(I)cc1. The lowest BCUT2D eigenvalue weighted by Crippen LogP contribution is -2.31. The molecule has 0 aromatic heterocycles. The fourth-order valence-electron chi connectivity index (χ4n) is 2.63. The van der Waals surface area contributed by atoms with E-state index in [1.165, 1.54) is 16.7 Å². The number of benzene rings is 2. The van der Waals surface area contributed by atoms with Gasteiger partial charge in [0, 0.05) is 27.9 Å². The van der Waals surface area contributed by atoms with Gasteiger partial charge in [-0.05, 0) is 59.0 Å². The van der Waals surface area contributed by atoms with Gasteiger partial charge in [-0.15, -0.1) is 11.8 Å². The molecular weight excluding hydrogens is 463 g/mol. The molecule has 1 aliphatic heterocycles. The highest BCUT2D eigenvalue weighted by Gasteiger charge is 2.39. The van der Waals surface area contributed by atoms with Crippen molar-refractivity contribution < 1.29 is 14.4 Å². The fourth-order valence-corrected chi connectivity index (χ4v) is 4.09. The fraction of sp³-hybridized carbons (Fsp3) is 0.211. The topological polar surface area (TPSA) is 66.5 Å². The minimum atomic E-state index is -0.422. The van der Waals surface area contributed by atoms with Crippen LogP contribution < -0.4 is 10.2 Å². The highest BCUT2D eigenvalue weighted by Crippen LogP contribution is 2.29. The van der Waals surface area contributed by atoms with Gasteiger partial charge >= 0.3 is 0 Å². The molecule has 1 N–H and O–H groups in total. The van der Waals surface area contributed by atoms with Crippen LogP contribution in [-0.4, -0.2) is 28.7 Å². The van der Waals surface area contributed by atoms with E-state index in [4.69, 9.17) is 0 Å². The maximum atomic E-state index is 12.5. The van der Waals surface area contributed by atoms with Crippen LogP contribution in [0.4, 0.5) is 11.4 Å². The Bertz CT molecular complexity index is 811. The number of para-hydroxylation sites is 1. The number of nitrogens with zero attached hydrogens (tertiary/aromatic N) is 1. The van der Waals surface area contributed by atoms with E-state index >= 15 is 0 Å². The molecule has 7 heteroatoms. The minimum absolute atomic E-state index is 0.101. The van der Waals surface area contributed by atoms with Crippen molar-refractivity contribution in [2.45, 2.75) is 18.1 Å². The highest BCUT2D eigenvalue weighted by molar-refractivity contribution is 14.1. The standard InChI is InChI=1S/C19H17IN2O3S/c20-13-6-8-14(9-7-13)21-17(23)10-11-26-16-12-18(24)22(19(16)25)15-4-2-1-3-5-15/h1-9,16H,10-12H2,(H,21,23). The summed E-state index contributed by atoms with van der Waals surface area (Å²) in [7, 11) is 0. The van der Waals surface area contributed by atoms with E-state index in [0.29, 0.717) is 17.9 Å². The second kappa shape index (κ2) is 8.68. The summed E-state index contributed by atoms with van der Waals surface area (Å²) >= 11 is 3.57. The molecule has 3 amide bonds. The number of nitrogens with one attached hydrogen (secondary N) is 1. The van der Waals surface area contributed by atoms with Crippen molar-refractivity contribution in [3.8, 4) is 0 Å². The first kappa shape index (κ1) is 18.9. The molecule has 134 valence electrons. The van der Waals surface area contributed by atoms with Crippen LogP contribution in [-0.2, 0) is 14.4 Å². The van der Waals surface area contributed by atoms with Crippen molar-refractivity contribution in [3.05, 3.63) is 58.2 Å². The molecule has 0 bridgehead atoms. The summed E-state index contributed by atoms with van der Waals surface area (Å²) in [5.74, 6) is -0.00984. The van der Waals surface area contributed by atoms with E-state index in [9.17, 15) is 14.4 Å². The molecule has 0 saturated carbocycles. The van der Waals surface area contributed by atoms with Crippen molar-refractivity contribution in [1.29, 1.82) is 0 Å². The quantitative estimate of drug-likeness (QED) is 0.506. The second-order valence-electron chi connectivity index (χ2n) is 5.77. The van der Waals surface area contributed by atoms with E-state index in [-0.39, 0.29) is 24.1 Å². The molecule has 1 heterocycles. The van der Waals surface area contributed by atoms with E-state index in [0.717, 1.165) is 9.26 Å². The third kappa shape index (κ3) is 4.64. The van der Waals surface area contributed by atoms with Gasteiger partial charge in [-0.1, -0.05) is 18.2 Å². The Morgan fingerprint density at radius 2 is 1.81 bits per heavy atom. The third-order valence-electron chi connectivity index (χ3n) is 3.90. The zero-order chi connectivity index (χ0) is 18.5. The van der Waals surface area contributed by atoms with Crippen LogP contribution in [0.15, 0.2) is 54.6 Å². The first-order valence-corrected chi connectivity index (χ1v) is 10.3. The lowest BCUT2D eigenvalue weighted by Gasteiger charge is -2.14. The predicted octanol–water partition coefficient (Wildman–Crippen LogP) is 3.69. The van der Waals surface area contributed by atoms with Crippen LogP contribution in [0.3, 0.4) is 0 Å². The number of halogens is 1. The van der Waals surface area contributed by atoms with Crippen LogP contribution in [0.1, 0.15) is 12.8 Å². The molecule has 2 aromatic carbocycles. The zero-order valence-electron chi connectivity index (χ0n) is 13.9. The summed E-state index contributed by atoms with van der Waals surface area (Å²) in [5, 5.41) is 2.41. The monoisotopic (exact) mass is 480 g/mol. The van der Waals surface area contributed by atoms with Crippen LogP contribution >= 0.6 is 34.4 Å². The summed E-state index contributed by atoms with van der Waals surface area (Å²) in [6.07, 6.45) is 0.469. The number of rotatable bonds is 6. The lowest BCUT2D eigenvalue weighted by molar-refractivity contribution is -0.121. The number of amides is 3. The molecule has 0 aliphatic carbocycles. The molecular formula is C19H17IN2O3S. The minimum Gasteiger partial charge on any atom is -0.326 e. The van der Waals surface area contributed by atoms with E-state index < -0.39 is 5.25 Å². The van der Waals surface area contributed by atoms with Gasteiger partial charge in [-0.25, -0.2) is 4.90 Å². The van der Waals surface area contributed by atoms with Crippen molar-refractivity contribution in [2.24, 2.45) is 0 Å². The van der Waals surface area contributed by atoms with Gasteiger partial charge in [0.05, 0.1) is 10.9 Å². The number of imide groups is 1.